The minimum absolute atomic E-state index is 0.147. The third-order valence-corrected chi connectivity index (χ3v) is 12.9. The molecule has 0 aromatic heterocycles. The first-order valence-electron chi connectivity index (χ1n) is 18.4. The second-order valence-electron chi connectivity index (χ2n) is 16.0. The van der Waals surface area contributed by atoms with E-state index in [0.29, 0.717) is 58.8 Å². The highest BCUT2D eigenvalue weighted by Crippen LogP contribution is 2.68. The Balaban J connectivity index is 1.22. The van der Waals surface area contributed by atoms with E-state index in [0.717, 1.165) is 58.5 Å². The lowest BCUT2D eigenvalue weighted by Crippen LogP contribution is -2.59. The molecule has 4 aliphatic rings. The fourth-order valence-corrected chi connectivity index (χ4v) is 10.7. The summed E-state index contributed by atoms with van der Waals surface area (Å²) in [4.78, 5) is 12.4. The molecule has 0 saturated heterocycles. The van der Waals surface area contributed by atoms with Crippen molar-refractivity contribution >= 4 is 5.91 Å². The van der Waals surface area contributed by atoms with Crippen molar-refractivity contribution in [2.24, 2.45) is 52.1 Å². The van der Waals surface area contributed by atoms with Gasteiger partial charge >= 0.3 is 0 Å². The number of aliphatic hydroxyl groups excluding tert-OH is 1. The molecule has 43 heavy (non-hydrogen) atoms. The van der Waals surface area contributed by atoms with Gasteiger partial charge in [0, 0.05) is 18.5 Å². The van der Waals surface area contributed by atoms with E-state index in [4.69, 9.17) is 5.73 Å². The van der Waals surface area contributed by atoms with Crippen LogP contribution in [0.1, 0.15) is 118 Å². The molecule has 0 heterocycles. The van der Waals surface area contributed by atoms with E-state index in [-0.39, 0.29) is 18.1 Å². The number of nitrogens with two attached hydrogens (primary N) is 1. The first-order valence-corrected chi connectivity index (χ1v) is 18.4. The Morgan fingerprint density at radius 2 is 1.51 bits per heavy atom. The lowest BCUT2D eigenvalue weighted by Gasteiger charge is -2.62. The van der Waals surface area contributed by atoms with Crippen LogP contribution in [-0.2, 0) is 4.79 Å². The molecule has 0 aromatic carbocycles. The lowest BCUT2D eigenvalue weighted by atomic mass is 9.43. The Labute approximate surface area is 264 Å². The summed E-state index contributed by atoms with van der Waals surface area (Å²) in [5, 5.41) is 25.8. The Kier molecular flexibility index (Phi) is 13.2. The Bertz CT molecular complexity index is 855. The minimum atomic E-state index is -0.147. The molecule has 0 spiro atoms. The van der Waals surface area contributed by atoms with Crippen molar-refractivity contribution in [2.75, 3.05) is 39.3 Å². The number of aliphatic hydroxyl groups is 1. The van der Waals surface area contributed by atoms with Crippen molar-refractivity contribution in [1.82, 2.24) is 21.3 Å². The highest BCUT2D eigenvalue weighted by atomic mass is 16.3. The molecule has 10 atom stereocenters. The van der Waals surface area contributed by atoms with Crippen molar-refractivity contribution in [1.29, 1.82) is 0 Å². The van der Waals surface area contributed by atoms with Gasteiger partial charge in [-0.05, 0) is 177 Å². The predicted octanol–water partition coefficient (Wildman–Crippen LogP) is 4.82. The maximum absolute atomic E-state index is 12.4. The number of carbonyl (C=O) groups excluding carboxylic acids is 1. The van der Waals surface area contributed by atoms with Crippen LogP contribution >= 0.6 is 0 Å². The number of fused-ring (bicyclic) bond motifs is 5. The zero-order chi connectivity index (χ0) is 31.0. The maximum atomic E-state index is 12.4. The molecular formula is C36H69N5O2. The summed E-state index contributed by atoms with van der Waals surface area (Å²) >= 11 is 0. The highest BCUT2D eigenvalue weighted by molar-refractivity contribution is 5.76. The summed E-state index contributed by atoms with van der Waals surface area (Å²) in [6, 6.07) is 0.819. The molecule has 4 saturated carbocycles. The zero-order valence-electron chi connectivity index (χ0n) is 28.6. The number of carbonyl (C=O) groups is 1. The maximum Gasteiger partial charge on any atom is 0.220 e. The Hall–Kier alpha value is -0.730. The number of amides is 1. The summed E-state index contributed by atoms with van der Waals surface area (Å²) in [6.07, 6.45) is 14.8. The topological polar surface area (TPSA) is 111 Å². The number of hydrogen-bond acceptors (Lipinski definition) is 6. The van der Waals surface area contributed by atoms with Crippen LogP contribution in [0.2, 0.25) is 0 Å². The second-order valence-corrected chi connectivity index (χ2v) is 16.0. The first-order chi connectivity index (χ1) is 20.6. The van der Waals surface area contributed by atoms with Gasteiger partial charge in [-0.15, -0.1) is 0 Å². The highest BCUT2D eigenvalue weighted by Gasteiger charge is 2.62. The molecule has 4 fully saturated rings. The molecule has 250 valence electrons. The van der Waals surface area contributed by atoms with E-state index in [1.54, 1.807) is 0 Å². The number of hydrogen-bond donors (Lipinski definition) is 6. The molecule has 7 heteroatoms. The first kappa shape index (κ1) is 35.1. The van der Waals surface area contributed by atoms with E-state index in [1.807, 2.05) is 13.8 Å². The van der Waals surface area contributed by atoms with Gasteiger partial charge in [0.2, 0.25) is 5.91 Å². The van der Waals surface area contributed by atoms with Gasteiger partial charge < -0.3 is 32.1 Å². The van der Waals surface area contributed by atoms with Gasteiger partial charge in [-0.25, -0.2) is 0 Å². The van der Waals surface area contributed by atoms with Gasteiger partial charge in [0.15, 0.2) is 0 Å². The molecule has 0 aliphatic heterocycles. The van der Waals surface area contributed by atoms with Crippen molar-refractivity contribution < 1.29 is 9.90 Å². The molecule has 4 unspecified atom stereocenters. The fraction of sp³-hybridized carbons (Fsp3) is 0.972. The largest absolute Gasteiger partial charge is 0.393 e. The van der Waals surface area contributed by atoms with Gasteiger partial charge in [0.05, 0.1) is 6.10 Å². The molecule has 1 amide bonds. The van der Waals surface area contributed by atoms with Gasteiger partial charge in [0.25, 0.3) is 0 Å². The molecule has 0 bridgehead atoms. The molecule has 0 aromatic rings. The standard InChI is InChI=1S/C36H69N5O2/c1-25(2)41-33(43)12-9-26(3)29-10-11-30-34-31(14-16-36(29,30)5)35(4)15-13-28(23-27(35)24-32(34)42)40-22-8-21-39-20-7-19-38-18-6-17-37/h25-32,34,38-40,42H,6-24,37H2,1-5H3,(H,41,43)/t26-,27?,28+,29-,30?,31?,32-,34?,35+,36-/m1/s1. The predicted molar refractivity (Wildman–Crippen MR) is 179 cm³/mol. The van der Waals surface area contributed by atoms with E-state index < -0.39 is 0 Å². The summed E-state index contributed by atoms with van der Waals surface area (Å²) in [5.74, 6) is 3.85. The van der Waals surface area contributed by atoms with Crippen molar-refractivity contribution in [2.45, 2.75) is 136 Å². The summed E-state index contributed by atoms with van der Waals surface area (Å²) in [7, 11) is 0. The van der Waals surface area contributed by atoms with E-state index in [1.165, 1.54) is 57.8 Å². The van der Waals surface area contributed by atoms with E-state index in [2.05, 4.69) is 42.0 Å². The van der Waals surface area contributed by atoms with E-state index in [9.17, 15) is 9.90 Å². The third kappa shape index (κ3) is 8.55. The summed E-state index contributed by atoms with van der Waals surface area (Å²) in [6.45, 7) is 17.8. The number of rotatable bonds is 17. The average molecular weight is 604 g/mol. The van der Waals surface area contributed by atoms with Crippen LogP contribution < -0.4 is 27.0 Å². The molecule has 0 radical (unpaired) electrons. The van der Waals surface area contributed by atoms with Crippen molar-refractivity contribution in [3.05, 3.63) is 0 Å². The SMILES string of the molecule is CC(C)NC(=O)CC[C@@H](C)[C@H]1CCC2C3C(CC[C@@]21C)[C@@]1(C)CC[C@H](NCCCNCCCNCCCN)CC1C[C@H]3O. The smallest absolute Gasteiger partial charge is 0.220 e. The van der Waals surface area contributed by atoms with Crippen molar-refractivity contribution in [3.63, 3.8) is 0 Å². The van der Waals surface area contributed by atoms with Crippen LogP contribution in [0.15, 0.2) is 0 Å². The lowest BCUT2D eigenvalue weighted by molar-refractivity contribution is -0.167. The normalized spacial score (nSPS) is 37.9. The quantitative estimate of drug-likeness (QED) is 0.133. The molecule has 4 aliphatic carbocycles. The van der Waals surface area contributed by atoms with Gasteiger partial charge in [-0.2, -0.15) is 0 Å². The second kappa shape index (κ2) is 16.2. The fourth-order valence-electron chi connectivity index (χ4n) is 10.7. The Morgan fingerprint density at radius 3 is 2.21 bits per heavy atom. The minimum Gasteiger partial charge on any atom is -0.393 e. The molecular weight excluding hydrogens is 534 g/mol. The monoisotopic (exact) mass is 604 g/mol. The number of nitrogens with one attached hydrogen (secondary N) is 4. The zero-order valence-corrected chi connectivity index (χ0v) is 28.6. The summed E-state index contributed by atoms with van der Waals surface area (Å²) in [5.41, 5.74) is 6.23. The van der Waals surface area contributed by atoms with Gasteiger partial charge in [0.1, 0.15) is 0 Å². The van der Waals surface area contributed by atoms with Crippen LogP contribution in [0, 0.1) is 46.3 Å². The molecule has 7 nitrogen and oxygen atoms in total. The van der Waals surface area contributed by atoms with Crippen LogP contribution in [0.3, 0.4) is 0 Å². The average Bonchev–Trinajstić information content (AvgIpc) is 3.32. The van der Waals surface area contributed by atoms with Gasteiger partial charge in [-0.3, -0.25) is 4.79 Å². The van der Waals surface area contributed by atoms with Crippen LogP contribution in [0.5, 0.6) is 0 Å². The Morgan fingerprint density at radius 1 is 0.860 bits per heavy atom. The van der Waals surface area contributed by atoms with E-state index >= 15 is 0 Å². The summed E-state index contributed by atoms with van der Waals surface area (Å²) < 4.78 is 0. The molecule has 7 N–H and O–H groups in total. The van der Waals surface area contributed by atoms with Gasteiger partial charge in [-0.1, -0.05) is 20.8 Å². The van der Waals surface area contributed by atoms with Crippen LogP contribution in [0.25, 0.3) is 0 Å². The van der Waals surface area contributed by atoms with Crippen molar-refractivity contribution in [3.8, 4) is 0 Å². The van der Waals surface area contributed by atoms with Crippen LogP contribution in [-0.4, -0.2) is 68.5 Å². The third-order valence-electron chi connectivity index (χ3n) is 12.9. The molecule has 4 rings (SSSR count). The van der Waals surface area contributed by atoms with Crippen LogP contribution in [0.4, 0.5) is 0 Å².